The van der Waals surface area contributed by atoms with Gasteiger partial charge in [-0.3, -0.25) is 9.59 Å². The van der Waals surface area contributed by atoms with Crippen LogP contribution in [0.15, 0.2) is 140 Å². The summed E-state index contributed by atoms with van der Waals surface area (Å²) in [6, 6.07) is 43.4. The minimum Gasteiger partial charge on any atom is -0.485 e. The molecule has 2 amide bonds. The molecule has 5 rings (SSSR count). The van der Waals surface area contributed by atoms with Gasteiger partial charge in [-0.25, -0.2) is 0 Å². The maximum atomic E-state index is 14.0. The standard InChI is InChI=1S/C38H36N2O4/c1-38(31-18-10-4-11-19-31,32-20-12-5-13-21-32)37(42)40-33(36(39)41)24-30-22-23-34(43-26-28-14-6-2-7-15-28)35(25-30)44-27-29-16-8-3-9-17-29/h2-23,25,33H,24,26-27H2,1H3,(H2,39,41)(H,40,42)/t33-/m1/s1. The smallest absolute Gasteiger partial charge is 0.240 e. The third kappa shape index (κ3) is 7.34. The molecule has 5 aromatic carbocycles. The zero-order valence-electron chi connectivity index (χ0n) is 24.7. The van der Waals surface area contributed by atoms with Gasteiger partial charge in [0.2, 0.25) is 11.8 Å². The van der Waals surface area contributed by atoms with Crippen LogP contribution < -0.4 is 20.5 Å². The first-order valence-corrected chi connectivity index (χ1v) is 14.6. The van der Waals surface area contributed by atoms with E-state index in [-0.39, 0.29) is 12.3 Å². The minimum absolute atomic E-state index is 0.182. The SMILES string of the molecule is CC(C(=O)N[C@H](Cc1ccc(OCc2ccccc2)c(OCc2ccccc2)c1)C(N)=O)(c1ccccc1)c1ccccc1. The Bertz CT molecular complexity index is 1620. The fourth-order valence-corrected chi connectivity index (χ4v) is 5.11. The Balaban J connectivity index is 1.39. The number of nitrogens with one attached hydrogen (secondary N) is 1. The van der Waals surface area contributed by atoms with Crippen LogP contribution >= 0.6 is 0 Å². The first kappa shape index (κ1) is 30.1. The Morgan fingerprint density at radius 2 is 1.09 bits per heavy atom. The Kier molecular flexibility index (Phi) is 9.72. The van der Waals surface area contributed by atoms with Crippen LogP contribution in [0.3, 0.4) is 0 Å². The second kappa shape index (κ2) is 14.2. The number of ether oxygens (including phenoxy) is 2. The van der Waals surface area contributed by atoms with Crippen molar-refractivity contribution >= 4 is 11.8 Å². The number of amides is 2. The van der Waals surface area contributed by atoms with Crippen molar-refractivity contribution in [1.82, 2.24) is 5.32 Å². The maximum absolute atomic E-state index is 14.0. The van der Waals surface area contributed by atoms with E-state index in [2.05, 4.69) is 5.32 Å². The lowest BCUT2D eigenvalue weighted by molar-refractivity contribution is -0.129. The predicted octanol–water partition coefficient (Wildman–Crippen LogP) is 6.36. The molecule has 0 fully saturated rings. The molecule has 0 saturated carbocycles. The lowest BCUT2D eigenvalue weighted by atomic mass is 9.75. The molecule has 6 heteroatoms. The van der Waals surface area contributed by atoms with E-state index in [1.165, 1.54) is 0 Å². The summed E-state index contributed by atoms with van der Waals surface area (Å²) >= 11 is 0. The molecule has 5 aromatic rings. The number of carbonyl (C=O) groups excluding carboxylic acids is 2. The summed E-state index contributed by atoms with van der Waals surface area (Å²) in [5.74, 6) is 0.171. The molecule has 0 bridgehead atoms. The van der Waals surface area contributed by atoms with E-state index in [0.29, 0.717) is 24.7 Å². The largest absolute Gasteiger partial charge is 0.485 e. The normalized spacial score (nSPS) is 11.8. The number of hydrogen-bond acceptors (Lipinski definition) is 4. The number of benzene rings is 5. The minimum atomic E-state index is -1.05. The van der Waals surface area contributed by atoms with Crippen molar-refractivity contribution in [3.8, 4) is 11.5 Å². The fraction of sp³-hybridized carbons (Fsp3) is 0.158. The molecule has 44 heavy (non-hydrogen) atoms. The molecule has 3 N–H and O–H groups in total. The van der Waals surface area contributed by atoms with Gasteiger partial charge in [0, 0.05) is 6.42 Å². The number of primary amides is 1. The van der Waals surface area contributed by atoms with Crippen LogP contribution in [-0.2, 0) is 34.6 Å². The molecule has 222 valence electrons. The number of rotatable bonds is 13. The van der Waals surface area contributed by atoms with Crippen molar-refractivity contribution in [2.45, 2.75) is 38.0 Å². The van der Waals surface area contributed by atoms with Gasteiger partial charge in [0.05, 0.1) is 5.41 Å². The molecule has 0 aromatic heterocycles. The summed E-state index contributed by atoms with van der Waals surface area (Å²) in [7, 11) is 0. The van der Waals surface area contributed by atoms with Gasteiger partial charge in [-0.15, -0.1) is 0 Å². The van der Waals surface area contributed by atoms with Crippen molar-refractivity contribution in [2.24, 2.45) is 5.73 Å². The fourth-order valence-electron chi connectivity index (χ4n) is 5.11. The van der Waals surface area contributed by atoms with Gasteiger partial charge in [0.25, 0.3) is 0 Å². The topological polar surface area (TPSA) is 90.7 Å². The van der Waals surface area contributed by atoms with Gasteiger partial charge >= 0.3 is 0 Å². The molecule has 0 saturated heterocycles. The average molecular weight is 585 g/mol. The van der Waals surface area contributed by atoms with Gasteiger partial charge in [0.15, 0.2) is 11.5 Å². The van der Waals surface area contributed by atoms with Crippen LogP contribution in [0.1, 0.15) is 34.7 Å². The summed E-state index contributed by atoms with van der Waals surface area (Å²) in [6.45, 7) is 2.58. The molecule has 6 nitrogen and oxygen atoms in total. The second-order valence-corrected chi connectivity index (χ2v) is 10.8. The number of carbonyl (C=O) groups is 2. The summed E-state index contributed by atoms with van der Waals surface area (Å²) in [6.07, 6.45) is 0.182. The Labute approximate surface area is 258 Å². The van der Waals surface area contributed by atoms with Crippen LogP contribution in [0, 0.1) is 0 Å². The molecular weight excluding hydrogens is 548 g/mol. The Morgan fingerprint density at radius 3 is 1.57 bits per heavy atom. The van der Waals surface area contributed by atoms with Crippen molar-refractivity contribution in [2.75, 3.05) is 0 Å². The van der Waals surface area contributed by atoms with E-state index in [1.54, 1.807) is 0 Å². The van der Waals surface area contributed by atoms with Gasteiger partial charge in [-0.1, -0.05) is 127 Å². The first-order valence-electron chi connectivity index (χ1n) is 14.6. The summed E-state index contributed by atoms with van der Waals surface area (Å²) in [4.78, 5) is 26.7. The first-order chi connectivity index (χ1) is 21.4. The van der Waals surface area contributed by atoms with Crippen molar-refractivity contribution < 1.29 is 19.1 Å². The zero-order valence-corrected chi connectivity index (χ0v) is 24.7. The van der Waals surface area contributed by atoms with Gasteiger partial charge in [-0.2, -0.15) is 0 Å². The van der Waals surface area contributed by atoms with Crippen LogP contribution in [0.4, 0.5) is 0 Å². The van der Waals surface area contributed by atoms with E-state index in [0.717, 1.165) is 27.8 Å². The van der Waals surface area contributed by atoms with Gasteiger partial charge < -0.3 is 20.5 Å². The van der Waals surface area contributed by atoms with Crippen molar-refractivity contribution in [3.63, 3.8) is 0 Å². The van der Waals surface area contributed by atoms with E-state index in [4.69, 9.17) is 15.2 Å². The van der Waals surface area contributed by atoms with Crippen LogP contribution in [-0.4, -0.2) is 17.9 Å². The zero-order chi connectivity index (χ0) is 30.8. The van der Waals surface area contributed by atoms with Crippen LogP contribution in [0.5, 0.6) is 11.5 Å². The number of nitrogens with two attached hydrogens (primary N) is 1. The average Bonchev–Trinajstić information content (AvgIpc) is 3.07. The summed E-state index contributed by atoms with van der Waals surface area (Å²) in [5.41, 5.74) is 9.24. The molecule has 0 aliphatic rings. The van der Waals surface area contributed by atoms with Crippen molar-refractivity contribution in [3.05, 3.63) is 167 Å². The third-order valence-electron chi connectivity index (χ3n) is 7.73. The van der Waals surface area contributed by atoms with E-state index in [1.807, 2.05) is 146 Å². The van der Waals surface area contributed by atoms with Crippen molar-refractivity contribution in [1.29, 1.82) is 0 Å². The highest BCUT2D eigenvalue weighted by Gasteiger charge is 2.38. The monoisotopic (exact) mass is 584 g/mol. The highest BCUT2D eigenvalue weighted by molar-refractivity contribution is 5.95. The van der Waals surface area contributed by atoms with E-state index >= 15 is 0 Å². The molecule has 0 radical (unpaired) electrons. The molecule has 1 atom stereocenters. The highest BCUT2D eigenvalue weighted by atomic mass is 16.5. The molecule has 0 unspecified atom stereocenters. The molecule has 0 spiro atoms. The molecule has 0 aliphatic heterocycles. The predicted molar refractivity (Wildman–Crippen MR) is 172 cm³/mol. The lowest BCUT2D eigenvalue weighted by Gasteiger charge is -2.31. The van der Waals surface area contributed by atoms with Crippen LogP contribution in [0.25, 0.3) is 0 Å². The van der Waals surface area contributed by atoms with Gasteiger partial charge in [-0.05, 0) is 46.9 Å². The molecule has 0 heterocycles. The second-order valence-electron chi connectivity index (χ2n) is 10.8. The Morgan fingerprint density at radius 1 is 0.636 bits per heavy atom. The quantitative estimate of drug-likeness (QED) is 0.168. The van der Waals surface area contributed by atoms with Crippen LogP contribution in [0.2, 0.25) is 0 Å². The van der Waals surface area contributed by atoms with E-state index in [9.17, 15) is 9.59 Å². The summed E-state index contributed by atoms with van der Waals surface area (Å²) in [5, 5.41) is 2.96. The Hall–Kier alpha value is -5.36. The third-order valence-corrected chi connectivity index (χ3v) is 7.73. The maximum Gasteiger partial charge on any atom is 0.240 e. The molecular formula is C38H36N2O4. The highest BCUT2D eigenvalue weighted by Crippen LogP contribution is 2.33. The summed E-state index contributed by atoms with van der Waals surface area (Å²) < 4.78 is 12.4. The van der Waals surface area contributed by atoms with E-state index < -0.39 is 17.4 Å². The lowest BCUT2D eigenvalue weighted by Crippen LogP contribution is -2.52. The molecule has 0 aliphatic carbocycles. The van der Waals surface area contributed by atoms with Gasteiger partial charge in [0.1, 0.15) is 19.3 Å². The number of hydrogen-bond donors (Lipinski definition) is 2.